The van der Waals surface area contributed by atoms with Crippen molar-refractivity contribution in [3.05, 3.63) is 29.8 Å². The van der Waals surface area contributed by atoms with Crippen molar-refractivity contribution in [2.75, 3.05) is 33.4 Å². The minimum absolute atomic E-state index is 0.0562. The van der Waals surface area contributed by atoms with Crippen molar-refractivity contribution in [1.82, 2.24) is 9.80 Å². The summed E-state index contributed by atoms with van der Waals surface area (Å²) in [7, 11) is 4.90. The van der Waals surface area contributed by atoms with E-state index in [2.05, 4.69) is 0 Å². The van der Waals surface area contributed by atoms with E-state index in [4.69, 9.17) is 5.73 Å². The molecule has 1 aromatic carbocycles. The van der Waals surface area contributed by atoms with Gasteiger partial charge in [-0.05, 0) is 18.2 Å². The Kier molecular flexibility index (Phi) is 4.09. The Balaban J connectivity index is 2.73. The summed E-state index contributed by atoms with van der Waals surface area (Å²) in [6, 6.07) is 6.69. The van der Waals surface area contributed by atoms with Crippen molar-refractivity contribution >= 4 is 17.5 Å². The molecule has 0 atom stereocenters. The molecule has 5 heteroatoms. The Bertz CT molecular complexity index is 430. The maximum absolute atomic E-state index is 12.0. The first kappa shape index (κ1) is 13.0. The highest BCUT2D eigenvalue weighted by Gasteiger charge is 2.15. The number of nitrogens with zero attached hydrogens (tertiary/aromatic N) is 2. The molecule has 0 aliphatic rings. The summed E-state index contributed by atoms with van der Waals surface area (Å²) >= 11 is 0. The normalized spacial score (nSPS) is 9.82. The van der Waals surface area contributed by atoms with Crippen LogP contribution in [0.1, 0.15) is 10.4 Å². The van der Waals surface area contributed by atoms with Crippen molar-refractivity contribution < 1.29 is 9.59 Å². The van der Waals surface area contributed by atoms with Crippen LogP contribution in [0.15, 0.2) is 24.3 Å². The quantitative estimate of drug-likeness (QED) is 0.772. The molecule has 0 heterocycles. The molecule has 0 spiro atoms. The highest BCUT2D eigenvalue weighted by atomic mass is 16.2. The highest BCUT2D eigenvalue weighted by Crippen LogP contribution is 2.08. The Labute approximate surface area is 101 Å². The van der Waals surface area contributed by atoms with Gasteiger partial charge in [-0.15, -0.1) is 0 Å². The lowest BCUT2D eigenvalue weighted by atomic mass is 10.2. The van der Waals surface area contributed by atoms with E-state index in [-0.39, 0.29) is 18.4 Å². The monoisotopic (exact) mass is 235 g/mol. The van der Waals surface area contributed by atoms with E-state index in [1.54, 1.807) is 45.4 Å². The number of hydrogen-bond donors (Lipinski definition) is 1. The van der Waals surface area contributed by atoms with Crippen molar-refractivity contribution in [2.45, 2.75) is 0 Å². The number of nitrogens with two attached hydrogens (primary N) is 1. The van der Waals surface area contributed by atoms with Crippen LogP contribution in [0.2, 0.25) is 0 Å². The number of likely N-dealkylation sites (N-methyl/N-ethyl adjacent to an activating group) is 2. The lowest BCUT2D eigenvalue weighted by Crippen LogP contribution is -2.37. The molecule has 5 nitrogen and oxygen atoms in total. The summed E-state index contributed by atoms with van der Waals surface area (Å²) in [5, 5.41) is 0. The molecule has 0 saturated carbocycles. The van der Waals surface area contributed by atoms with E-state index in [1.807, 2.05) is 0 Å². The van der Waals surface area contributed by atoms with Gasteiger partial charge in [0.25, 0.3) is 5.91 Å². The van der Waals surface area contributed by atoms with Gasteiger partial charge in [0, 0.05) is 32.4 Å². The van der Waals surface area contributed by atoms with E-state index < -0.39 is 0 Å². The number of amides is 2. The second-order valence-electron chi connectivity index (χ2n) is 4.07. The summed E-state index contributed by atoms with van der Waals surface area (Å²) in [6.45, 7) is 0.0562. The first-order chi connectivity index (χ1) is 7.91. The second kappa shape index (κ2) is 5.34. The van der Waals surface area contributed by atoms with Crippen LogP contribution in [0, 0.1) is 0 Å². The smallest absolute Gasteiger partial charge is 0.254 e. The van der Waals surface area contributed by atoms with Crippen LogP contribution in [0.5, 0.6) is 0 Å². The Morgan fingerprint density at radius 1 is 1.24 bits per heavy atom. The average Bonchev–Trinajstić information content (AvgIpc) is 2.27. The van der Waals surface area contributed by atoms with Gasteiger partial charge in [0.05, 0.1) is 6.54 Å². The molecule has 0 unspecified atom stereocenters. The maximum Gasteiger partial charge on any atom is 0.254 e. The molecular weight excluding hydrogens is 218 g/mol. The second-order valence-corrected chi connectivity index (χ2v) is 4.07. The van der Waals surface area contributed by atoms with Crippen LogP contribution in [0.3, 0.4) is 0 Å². The topological polar surface area (TPSA) is 66.6 Å². The zero-order valence-corrected chi connectivity index (χ0v) is 10.3. The molecule has 0 aromatic heterocycles. The molecule has 0 saturated heterocycles. The minimum atomic E-state index is -0.215. The van der Waals surface area contributed by atoms with Crippen LogP contribution in [-0.2, 0) is 4.79 Å². The van der Waals surface area contributed by atoms with Gasteiger partial charge in [-0.3, -0.25) is 9.59 Å². The molecule has 0 radical (unpaired) electrons. The molecule has 0 bridgehead atoms. The van der Waals surface area contributed by atoms with Gasteiger partial charge >= 0.3 is 0 Å². The summed E-state index contributed by atoms with van der Waals surface area (Å²) in [6.07, 6.45) is 0. The maximum atomic E-state index is 12.0. The standard InChI is InChI=1S/C12H17N3O2/c1-14(2)11(16)8-15(3)12(17)9-5-4-6-10(13)7-9/h4-7H,8,13H2,1-3H3. The molecular formula is C12H17N3O2. The first-order valence-corrected chi connectivity index (χ1v) is 5.23. The van der Waals surface area contributed by atoms with Gasteiger partial charge in [0.1, 0.15) is 0 Å². The molecule has 0 fully saturated rings. The van der Waals surface area contributed by atoms with Gasteiger partial charge in [-0.2, -0.15) is 0 Å². The first-order valence-electron chi connectivity index (χ1n) is 5.23. The van der Waals surface area contributed by atoms with Crippen LogP contribution in [0.25, 0.3) is 0 Å². The van der Waals surface area contributed by atoms with E-state index in [0.29, 0.717) is 11.3 Å². The summed E-state index contributed by atoms with van der Waals surface area (Å²) in [4.78, 5) is 26.2. The average molecular weight is 235 g/mol. The molecule has 17 heavy (non-hydrogen) atoms. The number of hydrogen-bond acceptors (Lipinski definition) is 3. The molecule has 1 rings (SSSR count). The Morgan fingerprint density at radius 3 is 2.41 bits per heavy atom. The predicted octanol–water partition coefficient (Wildman–Crippen LogP) is 0.429. The molecule has 2 N–H and O–H groups in total. The number of benzene rings is 1. The number of carbonyl (C=O) groups is 2. The third-order valence-corrected chi connectivity index (χ3v) is 2.35. The molecule has 92 valence electrons. The predicted molar refractivity (Wildman–Crippen MR) is 66.5 cm³/mol. The lowest BCUT2D eigenvalue weighted by molar-refractivity contribution is -0.129. The number of carbonyl (C=O) groups excluding carboxylic acids is 2. The Morgan fingerprint density at radius 2 is 1.88 bits per heavy atom. The van der Waals surface area contributed by atoms with Gasteiger partial charge in [0.2, 0.25) is 5.91 Å². The van der Waals surface area contributed by atoms with E-state index in [0.717, 1.165) is 0 Å². The third kappa shape index (κ3) is 3.48. The van der Waals surface area contributed by atoms with Crippen molar-refractivity contribution in [1.29, 1.82) is 0 Å². The fourth-order valence-electron chi connectivity index (χ4n) is 1.31. The zero-order valence-electron chi connectivity index (χ0n) is 10.3. The van der Waals surface area contributed by atoms with Crippen LogP contribution in [0.4, 0.5) is 5.69 Å². The third-order valence-electron chi connectivity index (χ3n) is 2.35. The van der Waals surface area contributed by atoms with Gasteiger partial charge in [-0.25, -0.2) is 0 Å². The zero-order chi connectivity index (χ0) is 13.0. The molecule has 0 aliphatic heterocycles. The van der Waals surface area contributed by atoms with E-state index >= 15 is 0 Å². The number of anilines is 1. The van der Waals surface area contributed by atoms with Gasteiger partial charge in [-0.1, -0.05) is 6.07 Å². The van der Waals surface area contributed by atoms with Gasteiger partial charge in [0.15, 0.2) is 0 Å². The number of rotatable bonds is 3. The van der Waals surface area contributed by atoms with Crippen LogP contribution in [-0.4, -0.2) is 49.3 Å². The minimum Gasteiger partial charge on any atom is -0.399 e. The van der Waals surface area contributed by atoms with Crippen molar-refractivity contribution in [3.8, 4) is 0 Å². The van der Waals surface area contributed by atoms with Crippen molar-refractivity contribution in [3.63, 3.8) is 0 Å². The highest BCUT2D eigenvalue weighted by molar-refractivity contribution is 5.96. The fourth-order valence-corrected chi connectivity index (χ4v) is 1.31. The fraction of sp³-hybridized carbons (Fsp3) is 0.333. The van der Waals surface area contributed by atoms with Gasteiger partial charge < -0.3 is 15.5 Å². The molecule has 0 aliphatic carbocycles. The SMILES string of the molecule is CN(C)C(=O)CN(C)C(=O)c1cccc(N)c1. The van der Waals surface area contributed by atoms with Crippen LogP contribution >= 0.6 is 0 Å². The van der Waals surface area contributed by atoms with Crippen molar-refractivity contribution in [2.24, 2.45) is 0 Å². The van der Waals surface area contributed by atoms with Crippen LogP contribution < -0.4 is 5.73 Å². The van der Waals surface area contributed by atoms with E-state index in [1.165, 1.54) is 9.80 Å². The largest absolute Gasteiger partial charge is 0.399 e. The lowest BCUT2D eigenvalue weighted by Gasteiger charge is -2.19. The summed E-state index contributed by atoms with van der Waals surface area (Å²) < 4.78 is 0. The Hall–Kier alpha value is -2.04. The van der Waals surface area contributed by atoms with E-state index in [9.17, 15) is 9.59 Å². The number of nitrogen functional groups attached to an aromatic ring is 1. The summed E-state index contributed by atoms with van der Waals surface area (Å²) in [5.74, 6) is -0.336. The summed E-state index contributed by atoms with van der Waals surface area (Å²) in [5.41, 5.74) is 6.62. The molecule has 1 aromatic rings. The molecule has 2 amide bonds.